The summed E-state index contributed by atoms with van der Waals surface area (Å²) in [6.07, 6.45) is 10.3. The molecule has 1 aliphatic rings. The van der Waals surface area contributed by atoms with Crippen LogP contribution in [0, 0.1) is 0 Å². The van der Waals surface area contributed by atoms with E-state index in [1.807, 2.05) is 29.2 Å². The predicted octanol–water partition coefficient (Wildman–Crippen LogP) is 3.94. The zero-order chi connectivity index (χ0) is 21.0. The quantitative estimate of drug-likeness (QED) is 0.628. The Kier molecular flexibility index (Phi) is 6.16. The van der Waals surface area contributed by atoms with Crippen molar-refractivity contribution in [1.29, 1.82) is 0 Å². The summed E-state index contributed by atoms with van der Waals surface area (Å²) >= 11 is 6.24. The Balaban J connectivity index is 1.56. The molecule has 3 N–H and O–H groups in total. The highest BCUT2D eigenvalue weighted by molar-refractivity contribution is 6.30. The average Bonchev–Trinajstić information content (AvgIpc) is 3.31. The van der Waals surface area contributed by atoms with Crippen LogP contribution >= 0.6 is 11.6 Å². The maximum atomic E-state index is 13.3. The zero-order valence-corrected chi connectivity index (χ0v) is 17.6. The first-order valence-electron chi connectivity index (χ1n) is 10.3. The van der Waals surface area contributed by atoms with Gasteiger partial charge in [-0.25, -0.2) is 4.98 Å². The molecule has 2 heterocycles. The van der Waals surface area contributed by atoms with Crippen molar-refractivity contribution in [2.75, 3.05) is 6.54 Å². The van der Waals surface area contributed by atoms with Crippen LogP contribution in [-0.4, -0.2) is 38.3 Å². The molecule has 4 rings (SSSR count). The largest absolute Gasteiger partial charge is 0.347 e. The van der Waals surface area contributed by atoms with Crippen LogP contribution in [0.1, 0.15) is 47.4 Å². The van der Waals surface area contributed by atoms with E-state index in [0.717, 1.165) is 36.5 Å². The van der Waals surface area contributed by atoms with Gasteiger partial charge in [0, 0.05) is 47.8 Å². The Labute approximate surface area is 181 Å². The summed E-state index contributed by atoms with van der Waals surface area (Å²) in [6.45, 7) is 1.01. The van der Waals surface area contributed by atoms with Gasteiger partial charge >= 0.3 is 0 Å². The molecule has 0 saturated heterocycles. The molecule has 1 saturated carbocycles. The molecule has 3 aromatic rings. The number of H-pyrrole nitrogens is 1. The normalized spacial score (nSPS) is 21.3. The molecule has 1 fully saturated rings. The fraction of sp³-hybridized carbons (Fsp3) is 0.348. The van der Waals surface area contributed by atoms with Gasteiger partial charge in [-0.2, -0.15) is 0 Å². The number of benzene rings is 1. The Bertz CT molecular complexity index is 968. The Hall–Kier alpha value is -2.70. The molecule has 0 aliphatic heterocycles. The van der Waals surface area contributed by atoms with Crippen LogP contribution in [0.2, 0.25) is 5.02 Å². The van der Waals surface area contributed by atoms with E-state index in [0.29, 0.717) is 18.7 Å². The van der Waals surface area contributed by atoms with Crippen LogP contribution in [-0.2, 0) is 12.0 Å². The highest BCUT2D eigenvalue weighted by Gasteiger charge is 2.39. The molecule has 0 spiro atoms. The van der Waals surface area contributed by atoms with E-state index in [1.165, 1.54) is 5.56 Å². The smallest absolute Gasteiger partial charge is 0.256 e. The Morgan fingerprint density at radius 3 is 2.70 bits per heavy atom. The van der Waals surface area contributed by atoms with Crippen LogP contribution in [0.5, 0.6) is 0 Å². The van der Waals surface area contributed by atoms with Crippen molar-refractivity contribution in [3.05, 3.63) is 83.2 Å². The number of pyridine rings is 1. The van der Waals surface area contributed by atoms with Gasteiger partial charge in [-0.3, -0.25) is 9.78 Å². The number of aromatic amines is 1. The van der Waals surface area contributed by atoms with Crippen LogP contribution in [0.4, 0.5) is 0 Å². The molecule has 6 nitrogen and oxygen atoms in total. The summed E-state index contributed by atoms with van der Waals surface area (Å²) in [6, 6.07) is 11.7. The summed E-state index contributed by atoms with van der Waals surface area (Å²) in [5, 5.41) is 0.730. The number of aromatic nitrogens is 3. The topological polar surface area (TPSA) is 87.9 Å². The lowest BCUT2D eigenvalue weighted by molar-refractivity contribution is 0.0566. The highest BCUT2D eigenvalue weighted by atomic mass is 35.5. The molecule has 0 atom stereocenters. The molecular formula is C23H26ClN5O. The molecular weight excluding hydrogens is 398 g/mol. The van der Waals surface area contributed by atoms with Crippen molar-refractivity contribution >= 4 is 17.5 Å². The van der Waals surface area contributed by atoms with Crippen molar-refractivity contribution in [3.8, 4) is 0 Å². The lowest BCUT2D eigenvalue weighted by atomic mass is 9.68. The van der Waals surface area contributed by atoms with Crippen LogP contribution < -0.4 is 5.73 Å². The van der Waals surface area contributed by atoms with Crippen molar-refractivity contribution in [1.82, 2.24) is 19.9 Å². The van der Waals surface area contributed by atoms with Crippen molar-refractivity contribution in [2.45, 2.75) is 43.7 Å². The average molecular weight is 424 g/mol. The maximum absolute atomic E-state index is 13.3. The van der Waals surface area contributed by atoms with Crippen LogP contribution in [0.25, 0.3) is 0 Å². The van der Waals surface area contributed by atoms with Gasteiger partial charge < -0.3 is 15.6 Å². The molecule has 156 valence electrons. The Morgan fingerprint density at radius 2 is 2.07 bits per heavy atom. The Morgan fingerprint density at radius 1 is 1.23 bits per heavy atom. The minimum absolute atomic E-state index is 0.0208. The predicted molar refractivity (Wildman–Crippen MR) is 117 cm³/mol. The number of halogens is 1. The van der Waals surface area contributed by atoms with E-state index in [1.54, 1.807) is 30.9 Å². The molecule has 7 heteroatoms. The SMILES string of the molecule is NC[C@]1(c2cccc(Cl)c2)CC[C@H](N(Cc2ncc[nH]2)C(=O)c2cccnc2)CC1. The number of rotatable bonds is 6. The fourth-order valence-corrected chi connectivity index (χ4v) is 4.65. The third-order valence-electron chi connectivity index (χ3n) is 6.23. The molecule has 30 heavy (non-hydrogen) atoms. The van der Waals surface area contributed by atoms with E-state index < -0.39 is 0 Å². The van der Waals surface area contributed by atoms with Gasteiger partial charge in [-0.1, -0.05) is 23.7 Å². The highest BCUT2D eigenvalue weighted by Crippen LogP contribution is 2.41. The molecule has 1 amide bonds. The number of nitrogens with one attached hydrogen (secondary N) is 1. The summed E-state index contributed by atoms with van der Waals surface area (Å²) in [5.74, 6) is 0.755. The van der Waals surface area contributed by atoms with Crippen molar-refractivity contribution < 1.29 is 4.79 Å². The number of hydrogen-bond donors (Lipinski definition) is 2. The van der Waals surface area contributed by atoms with Crippen LogP contribution in [0.3, 0.4) is 0 Å². The second kappa shape index (κ2) is 8.98. The summed E-state index contributed by atoms with van der Waals surface area (Å²) < 4.78 is 0. The van der Waals surface area contributed by atoms with E-state index in [2.05, 4.69) is 21.0 Å². The fourth-order valence-electron chi connectivity index (χ4n) is 4.46. The van der Waals surface area contributed by atoms with Crippen molar-refractivity contribution in [2.24, 2.45) is 5.73 Å². The van der Waals surface area contributed by atoms with E-state index in [-0.39, 0.29) is 17.4 Å². The number of carbonyl (C=O) groups excluding carboxylic acids is 1. The first-order valence-corrected chi connectivity index (χ1v) is 10.6. The number of hydrogen-bond acceptors (Lipinski definition) is 4. The number of imidazole rings is 1. The number of nitrogens with zero attached hydrogens (tertiary/aromatic N) is 3. The third kappa shape index (κ3) is 4.25. The molecule has 0 bridgehead atoms. The van der Waals surface area contributed by atoms with Gasteiger partial charge in [0.25, 0.3) is 5.91 Å². The molecule has 2 aromatic heterocycles. The van der Waals surface area contributed by atoms with Crippen molar-refractivity contribution in [3.63, 3.8) is 0 Å². The summed E-state index contributed by atoms with van der Waals surface area (Å²) in [7, 11) is 0. The maximum Gasteiger partial charge on any atom is 0.256 e. The van der Waals surface area contributed by atoms with Crippen LogP contribution in [0.15, 0.2) is 61.2 Å². The zero-order valence-electron chi connectivity index (χ0n) is 16.8. The molecule has 0 unspecified atom stereocenters. The minimum Gasteiger partial charge on any atom is -0.347 e. The van der Waals surface area contributed by atoms with Gasteiger partial charge in [-0.05, 0) is 55.5 Å². The summed E-state index contributed by atoms with van der Waals surface area (Å²) in [4.78, 5) is 26.8. The summed E-state index contributed by atoms with van der Waals surface area (Å²) in [5.41, 5.74) is 7.93. The minimum atomic E-state index is -0.102. The molecule has 1 aliphatic carbocycles. The number of amides is 1. The first kappa shape index (κ1) is 20.6. The monoisotopic (exact) mass is 423 g/mol. The van der Waals surface area contributed by atoms with Gasteiger partial charge in [0.15, 0.2) is 0 Å². The standard InChI is InChI=1S/C23H26ClN5O/c24-19-5-1-4-18(13-19)23(16-25)8-6-20(7-9-23)29(15-21-27-11-12-28-21)22(30)17-3-2-10-26-14-17/h1-5,10-14,20H,6-9,15-16,25H2,(H,27,28)/t20-,23-. The molecule has 1 aromatic carbocycles. The second-order valence-corrected chi connectivity index (χ2v) is 8.37. The van der Waals surface area contributed by atoms with Gasteiger partial charge in [-0.15, -0.1) is 0 Å². The number of carbonyl (C=O) groups is 1. The first-order chi connectivity index (χ1) is 14.6. The van der Waals surface area contributed by atoms with E-state index in [4.69, 9.17) is 17.3 Å². The lowest BCUT2D eigenvalue weighted by Crippen LogP contribution is -2.47. The van der Waals surface area contributed by atoms with E-state index >= 15 is 0 Å². The van der Waals surface area contributed by atoms with E-state index in [9.17, 15) is 4.79 Å². The van der Waals surface area contributed by atoms with Gasteiger partial charge in [0.2, 0.25) is 0 Å². The number of nitrogens with two attached hydrogens (primary N) is 1. The molecule has 0 radical (unpaired) electrons. The van der Waals surface area contributed by atoms with Gasteiger partial charge in [0.05, 0.1) is 12.1 Å². The lowest BCUT2D eigenvalue weighted by Gasteiger charge is -2.43. The van der Waals surface area contributed by atoms with Gasteiger partial charge in [0.1, 0.15) is 5.82 Å². The third-order valence-corrected chi connectivity index (χ3v) is 6.46. The second-order valence-electron chi connectivity index (χ2n) is 7.94.